The zero-order chi connectivity index (χ0) is 15.7. The number of anilines is 1. The van der Waals surface area contributed by atoms with E-state index >= 15 is 0 Å². The molecular formula is C17H19N3O2. The minimum atomic E-state index is -0.640. The van der Waals surface area contributed by atoms with Crippen molar-refractivity contribution in [2.75, 3.05) is 5.32 Å². The first-order valence-corrected chi connectivity index (χ1v) is 7.54. The van der Waals surface area contributed by atoms with Gasteiger partial charge in [0, 0.05) is 11.8 Å². The van der Waals surface area contributed by atoms with Crippen LogP contribution in [-0.4, -0.2) is 15.7 Å². The van der Waals surface area contributed by atoms with Crippen LogP contribution in [0, 0.1) is 6.92 Å². The molecule has 0 aliphatic heterocycles. The fourth-order valence-electron chi connectivity index (χ4n) is 2.77. The molecule has 1 heterocycles. The molecule has 1 unspecified atom stereocenters. The number of aromatic nitrogens is 2. The van der Waals surface area contributed by atoms with E-state index < -0.39 is 6.04 Å². The largest absolute Gasteiger partial charge is 0.324 e. The number of aryl methyl sites for hydroxylation is 3. The molecule has 0 saturated carbocycles. The number of carbonyl (C=O) groups is 1. The molecule has 3 rings (SSSR count). The summed E-state index contributed by atoms with van der Waals surface area (Å²) in [6.07, 6.45) is 2.81. The molecule has 1 aliphatic carbocycles. The highest BCUT2D eigenvalue weighted by Crippen LogP contribution is 2.18. The third kappa shape index (κ3) is 2.79. The van der Waals surface area contributed by atoms with E-state index in [1.54, 1.807) is 13.0 Å². The molecule has 114 valence electrons. The van der Waals surface area contributed by atoms with Crippen LogP contribution in [0.2, 0.25) is 0 Å². The van der Waals surface area contributed by atoms with E-state index in [0.29, 0.717) is 0 Å². The molecule has 1 aromatic heterocycles. The number of hydrogen-bond donors (Lipinski definition) is 1. The van der Waals surface area contributed by atoms with E-state index in [1.165, 1.54) is 4.68 Å². The van der Waals surface area contributed by atoms with Crippen LogP contribution in [0.25, 0.3) is 0 Å². The van der Waals surface area contributed by atoms with Crippen molar-refractivity contribution in [2.45, 2.75) is 39.2 Å². The summed E-state index contributed by atoms with van der Waals surface area (Å²) in [6, 6.07) is 8.55. The maximum atomic E-state index is 12.4. The van der Waals surface area contributed by atoms with Crippen molar-refractivity contribution in [3.8, 4) is 0 Å². The van der Waals surface area contributed by atoms with Gasteiger partial charge in [-0.15, -0.1) is 0 Å². The second-order valence-electron chi connectivity index (χ2n) is 5.79. The minimum absolute atomic E-state index is 0.215. The van der Waals surface area contributed by atoms with Crippen LogP contribution < -0.4 is 10.9 Å². The average Bonchev–Trinajstić information content (AvgIpc) is 2.92. The summed E-state index contributed by atoms with van der Waals surface area (Å²) in [6.45, 7) is 3.66. The predicted octanol–water partition coefficient (Wildman–Crippen LogP) is 2.24. The van der Waals surface area contributed by atoms with Gasteiger partial charge in [0.25, 0.3) is 5.56 Å². The maximum absolute atomic E-state index is 12.4. The lowest BCUT2D eigenvalue weighted by Crippen LogP contribution is -2.34. The number of carbonyl (C=O) groups excluding carboxylic acids is 1. The average molecular weight is 297 g/mol. The summed E-state index contributed by atoms with van der Waals surface area (Å²) >= 11 is 0. The second-order valence-corrected chi connectivity index (χ2v) is 5.79. The Labute approximate surface area is 129 Å². The number of nitrogens with one attached hydrogen (secondary N) is 1. The fourth-order valence-corrected chi connectivity index (χ4v) is 2.77. The Hall–Kier alpha value is -2.43. The van der Waals surface area contributed by atoms with Crippen molar-refractivity contribution < 1.29 is 4.79 Å². The third-order valence-electron chi connectivity index (χ3n) is 4.01. The minimum Gasteiger partial charge on any atom is -0.324 e. The van der Waals surface area contributed by atoms with Gasteiger partial charge in [-0.3, -0.25) is 9.59 Å². The molecule has 1 amide bonds. The number of benzene rings is 1. The Kier molecular flexibility index (Phi) is 3.79. The molecule has 0 spiro atoms. The van der Waals surface area contributed by atoms with Crippen LogP contribution in [0.15, 0.2) is 35.1 Å². The number of rotatable bonds is 3. The van der Waals surface area contributed by atoms with E-state index in [9.17, 15) is 9.59 Å². The van der Waals surface area contributed by atoms with Gasteiger partial charge in [0.05, 0.1) is 5.69 Å². The van der Waals surface area contributed by atoms with Crippen LogP contribution in [0.5, 0.6) is 0 Å². The third-order valence-corrected chi connectivity index (χ3v) is 4.01. The zero-order valence-electron chi connectivity index (χ0n) is 12.8. The summed E-state index contributed by atoms with van der Waals surface area (Å²) in [4.78, 5) is 24.5. The summed E-state index contributed by atoms with van der Waals surface area (Å²) < 4.78 is 1.29. The van der Waals surface area contributed by atoms with Crippen molar-refractivity contribution >= 4 is 11.6 Å². The molecule has 0 fully saturated rings. The molecule has 1 N–H and O–H groups in total. The Morgan fingerprint density at radius 3 is 2.91 bits per heavy atom. The molecular weight excluding hydrogens is 278 g/mol. The lowest BCUT2D eigenvalue weighted by molar-refractivity contribution is -0.119. The molecule has 2 aromatic rings. The topological polar surface area (TPSA) is 64.0 Å². The fraction of sp³-hybridized carbons (Fsp3) is 0.353. The lowest BCUT2D eigenvalue weighted by Gasteiger charge is -2.15. The first kappa shape index (κ1) is 14.5. The standard InChI is InChI=1S/C17H19N3O2/c1-11-5-3-7-14(9-11)18-17(22)12(2)20-16(21)10-13-6-4-8-15(13)19-20/h3,5,7,9-10,12H,4,6,8H2,1-2H3,(H,18,22). The Morgan fingerprint density at radius 1 is 1.32 bits per heavy atom. The van der Waals surface area contributed by atoms with Crippen molar-refractivity contribution in [3.05, 3.63) is 57.5 Å². The van der Waals surface area contributed by atoms with Gasteiger partial charge < -0.3 is 5.32 Å². The Bertz CT molecular complexity index is 780. The molecule has 22 heavy (non-hydrogen) atoms. The molecule has 5 nitrogen and oxygen atoms in total. The van der Waals surface area contributed by atoms with Crippen LogP contribution in [-0.2, 0) is 17.6 Å². The molecule has 1 aromatic carbocycles. The highest BCUT2D eigenvalue weighted by Gasteiger charge is 2.21. The van der Waals surface area contributed by atoms with Gasteiger partial charge in [-0.25, -0.2) is 4.68 Å². The summed E-state index contributed by atoms with van der Waals surface area (Å²) in [5.41, 5.74) is 3.54. The van der Waals surface area contributed by atoms with E-state index in [-0.39, 0.29) is 11.5 Å². The van der Waals surface area contributed by atoms with Crippen LogP contribution in [0.1, 0.15) is 36.2 Å². The van der Waals surface area contributed by atoms with Crippen LogP contribution in [0.4, 0.5) is 5.69 Å². The summed E-state index contributed by atoms with van der Waals surface area (Å²) in [7, 11) is 0. The van der Waals surface area contributed by atoms with E-state index in [4.69, 9.17) is 0 Å². The molecule has 1 aliphatic rings. The first-order chi connectivity index (χ1) is 10.5. The van der Waals surface area contributed by atoms with Crippen LogP contribution >= 0.6 is 0 Å². The first-order valence-electron chi connectivity index (χ1n) is 7.54. The predicted molar refractivity (Wildman–Crippen MR) is 85.0 cm³/mol. The Balaban J connectivity index is 1.83. The van der Waals surface area contributed by atoms with Gasteiger partial charge >= 0.3 is 0 Å². The van der Waals surface area contributed by atoms with Gasteiger partial charge in [0.1, 0.15) is 6.04 Å². The molecule has 5 heteroatoms. The maximum Gasteiger partial charge on any atom is 0.267 e. The van der Waals surface area contributed by atoms with Gasteiger partial charge in [-0.05, 0) is 56.4 Å². The number of hydrogen-bond acceptors (Lipinski definition) is 3. The second kappa shape index (κ2) is 5.75. The summed E-state index contributed by atoms with van der Waals surface area (Å²) in [5, 5.41) is 7.21. The highest BCUT2D eigenvalue weighted by molar-refractivity contribution is 5.93. The number of nitrogens with zero attached hydrogens (tertiary/aromatic N) is 2. The molecule has 0 saturated heterocycles. The highest BCUT2D eigenvalue weighted by atomic mass is 16.2. The summed E-state index contributed by atoms with van der Waals surface area (Å²) in [5.74, 6) is -0.238. The zero-order valence-corrected chi connectivity index (χ0v) is 12.8. The van der Waals surface area contributed by atoms with E-state index in [2.05, 4.69) is 10.4 Å². The number of fused-ring (bicyclic) bond motifs is 1. The van der Waals surface area contributed by atoms with Crippen molar-refractivity contribution in [1.29, 1.82) is 0 Å². The smallest absolute Gasteiger partial charge is 0.267 e. The molecule has 0 bridgehead atoms. The van der Waals surface area contributed by atoms with Gasteiger partial charge in [-0.2, -0.15) is 5.10 Å². The van der Waals surface area contributed by atoms with Crippen molar-refractivity contribution in [3.63, 3.8) is 0 Å². The van der Waals surface area contributed by atoms with Gasteiger partial charge in [0.15, 0.2) is 0 Å². The molecule has 1 atom stereocenters. The van der Waals surface area contributed by atoms with E-state index in [0.717, 1.165) is 41.8 Å². The quantitative estimate of drug-likeness (QED) is 0.945. The lowest BCUT2D eigenvalue weighted by atomic mass is 10.2. The normalized spacial score (nSPS) is 14.5. The van der Waals surface area contributed by atoms with Gasteiger partial charge in [0.2, 0.25) is 5.91 Å². The van der Waals surface area contributed by atoms with Crippen molar-refractivity contribution in [1.82, 2.24) is 9.78 Å². The molecule has 0 radical (unpaired) electrons. The van der Waals surface area contributed by atoms with Crippen molar-refractivity contribution in [2.24, 2.45) is 0 Å². The Morgan fingerprint density at radius 2 is 2.14 bits per heavy atom. The monoisotopic (exact) mass is 297 g/mol. The van der Waals surface area contributed by atoms with Crippen LogP contribution in [0.3, 0.4) is 0 Å². The SMILES string of the molecule is Cc1cccc(NC(=O)C(C)n2nc3c(cc2=O)CCC3)c1. The van der Waals surface area contributed by atoms with E-state index in [1.807, 2.05) is 31.2 Å². The number of amides is 1. The van der Waals surface area contributed by atoms with Gasteiger partial charge in [-0.1, -0.05) is 12.1 Å².